The Morgan fingerprint density at radius 2 is 1.84 bits per heavy atom. The molecule has 19 heavy (non-hydrogen) atoms. The summed E-state index contributed by atoms with van der Waals surface area (Å²) in [7, 11) is 0. The van der Waals surface area contributed by atoms with E-state index in [-0.39, 0.29) is 18.2 Å². The molecule has 2 nitrogen and oxygen atoms in total. The lowest BCUT2D eigenvalue weighted by Gasteiger charge is -2.13. The van der Waals surface area contributed by atoms with Crippen molar-refractivity contribution in [2.24, 2.45) is 0 Å². The molecule has 0 radical (unpaired) electrons. The Balaban J connectivity index is 2.17. The van der Waals surface area contributed by atoms with E-state index < -0.39 is 11.9 Å². The molecule has 2 aromatic carbocycles. The third-order valence-corrected chi connectivity index (χ3v) is 2.71. The number of hydrogen-bond donors (Lipinski definition) is 1. The minimum Gasteiger partial charge on any atom is -0.488 e. The Bertz CT molecular complexity index is 568. The van der Waals surface area contributed by atoms with E-state index in [9.17, 15) is 13.9 Å². The minimum absolute atomic E-state index is 0.112. The van der Waals surface area contributed by atoms with Crippen molar-refractivity contribution in [3.05, 3.63) is 65.2 Å². The molecule has 0 heterocycles. The maximum absolute atomic E-state index is 13.2. The predicted molar refractivity (Wildman–Crippen MR) is 67.8 cm³/mol. The van der Waals surface area contributed by atoms with Crippen molar-refractivity contribution < 1.29 is 18.6 Å². The summed E-state index contributed by atoms with van der Waals surface area (Å²) in [6, 6.07) is 9.92. The molecular formula is C15H14F2O2. The second-order valence-corrected chi connectivity index (χ2v) is 4.28. The van der Waals surface area contributed by atoms with Gasteiger partial charge in [0.15, 0.2) is 0 Å². The number of halogens is 2. The zero-order chi connectivity index (χ0) is 13.8. The highest BCUT2D eigenvalue weighted by atomic mass is 19.1. The van der Waals surface area contributed by atoms with Gasteiger partial charge in [0.2, 0.25) is 0 Å². The summed E-state index contributed by atoms with van der Waals surface area (Å²) in [5, 5.41) is 9.57. The summed E-state index contributed by atoms with van der Waals surface area (Å²) in [5.41, 5.74) is 1.14. The van der Waals surface area contributed by atoms with Crippen molar-refractivity contribution in [3.63, 3.8) is 0 Å². The Morgan fingerprint density at radius 3 is 2.53 bits per heavy atom. The quantitative estimate of drug-likeness (QED) is 0.914. The Hall–Kier alpha value is -1.94. The number of hydrogen-bond acceptors (Lipinski definition) is 2. The molecule has 0 aliphatic heterocycles. The number of aliphatic hydroxyl groups excluding tert-OH is 1. The summed E-state index contributed by atoms with van der Waals surface area (Å²) in [4.78, 5) is 0. The van der Waals surface area contributed by atoms with Crippen LogP contribution in [-0.4, -0.2) is 5.11 Å². The molecular weight excluding hydrogens is 250 g/mol. The van der Waals surface area contributed by atoms with Gasteiger partial charge in [-0.3, -0.25) is 0 Å². The Kier molecular flexibility index (Phi) is 4.12. The first-order valence-corrected chi connectivity index (χ1v) is 5.91. The van der Waals surface area contributed by atoms with E-state index in [4.69, 9.17) is 4.74 Å². The molecule has 1 N–H and O–H groups in total. The topological polar surface area (TPSA) is 29.5 Å². The molecule has 0 saturated carbocycles. The summed E-state index contributed by atoms with van der Waals surface area (Å²) >= 11 is 0. The lowest BCUT2D eigenvalue weighted by molar-refractivity contribution is 0.190. The summed E-state index contributed by atoms with van der Waals surface area (Å²) in [6.07, 6.45) is -0.761. The number of ether oxygens (including phenoxy) is 1. The normalized spacial score (nSPS) is 12.2. The molecule has 4 heteroatoms. The van der Waals surface area contributed by atoms with Gasteiger partial charge < -0.3 is 9.84 Å². The van der Waals surface area contributed by atoms with Crippen LogP contribution in [0.5, 0.6) is 5.75 Å². The fraction of sp³-hybridized carbons (Fsp3) is 0.200. The molecule has 0 amide bonds. The fourth-order valence-electron chi connectivity index (χ4n) is 1.77. The molecule has 0 bridgehead atoms. The molecule has 0 unspecified atom stereocenters. The van der Waals surface area contributed by atoms with Gasteiger partial charge in [-0.05, 0) is 36.8 Å². The lowest BCUT2D eigenvalue weighted by atomic mass is 10.1. The van der Waals surface area contributed by atoms with Crippen LogP contribution in [0.4, 0.5) is 8.78 Å². The summed E-state index contributed by atoms with van der Waals surface area (Å²) in [6.45, 7) is 1.68. The molecule has 0 fully saturated rings. The largest absolute Gasteiger partial charge is 0.488 e. The van der Waals surface area contributed by atoms with Crippen LogP contribution in [0.3, 0.4) is 0 Å². The SMILES string of the molecule is C[C@H](O)c1ccc(F)cc1OCc1cccc(F)c1. The van der Waals surface area contributed by atoms with Crippen LogP contribution in [0, 0.1) is 11.6 Å². The molecule has 0 aliphatic carbocycles. The molecule has 100 valence electrons. The van der Waals surface area contributed by atoms with Gasteiger partial charge in [-0.1, -0.05) is 12.1 Å². The van der Waals surface area contributed by atoms with Crippen LogP contribution in [-0.2, 0) is 6.61 Å². The van der Waals surface area contributed by atoms with Gasteiger partial charge >= 0.3 is 0 Å². The van der Waals surface area contributed by atoms with E-state index in [1.54, 1.807) is 19.1 Å². The molecule has 2 rings (SSSR count). The van der Waals surface area contributed by atoms with Gasteiger partial charge in [-0.2, -0.15) is 0 Å². The van der Waals surface area contributed by atoms with Crippen LogP contribution in [0.2, 0.25) is 0 Å². The highest BCUT2D eigenvalue weighted by Gasteiger charge is 2.10. The van der Waals surface area contributed by atoms with Crippen LogP contribution in [0.1, 0.15) is 24.2 Å². The van der Waals surface area contributed by atoms with E-state index in [0.29, 0.717) is 11.1 Å². The molecule has 2 aromatic rings. The average molecular weight is 264 g/mol. The maximum Gasteiger partial charge on any atom is 0.128 e. The van der Waals surface area contributed by atoms with Gasteiger partial charge in [-0.25, -0.2) is 8.78 Å². The van der Waals surface area contributed by atoms with Gasteiger partial charge in [-0.15, -0.1) is 0 Å². The van der Waals surface area contributed by atoms with Crippen LogP contribution >= 0.6 is 0 Å². The molecule has 0 aliphatic rings. The number of rotatable bonds is 4. The van der Waals surface area contributed by atoms with Crippen LogP contribution in [0.25, 0.3) is 0 Å². The smallest absolute Gasteiger partial charge is 0.128 e. The van der Waals surface area contributed by atoms with Crippen LogP contribution in [0.15, 0.2) is 42.5 Å². The molecule has 0 spiro atoms. The summed E-state index contributed by atoms with van der Waals surface area (Å²) in [5.74, 6) is -0.533. The van der Waals surface area contributed by atoms with Crippen molar-refractivity contribution in [2.45, 2.75) is 19.6 Å². The first kappa shape index (κ1) is 13.5. The first-order valence-electron chi connectivity index (χ1n) is 5.91. The zero-order valence-electron chi connectivity index (χ0n) is 10.4. The average Bonchev–Trinajstić information content (AvgIpc) is 2.36. The highest BCUT2D eigenvalue weighted by molar-refractivity contribution is 5.35. The fourth-order valence-corrected chi connectivity index (χ4v) is 1.77. The monoisotopic (exact) mass is 264 g/mol. The van der Waals surface area contributed by atoms with Crippen molar-refractivity contribution in [2.75, 3.05) is 0 Å². The maximum atomic E-state index is 13.2. The third kappa shape index (κ3) is 3.51. The van der Waals surface area contributed by atoms with Crippen molar-refractivity contribution in [1.82, 2.24) is 0 Å². The third-order valence-electron chi connectivity index (χ3n) is 2.71. The standard InChI is InChI=1S/C15H14F2O2/c1-10(18)14-6-5-13(17)8-15(14)19-9-11-3-2-4-12(16)7-11/h2-8,10,18H,9H2,1H3/t10-/m0/s1. The van der Waals surface area contributed by atoms with Crippen molar-refractivity contribution >= 4 is 0 Å². The van der Waals surface area contributed by atoms with Crippen molar-refractivity contribution in [1.29, 1.82) is 0 Å². The predicted octanol–water partition coefficient (Wildman–Crippen LogP) is 3.60. The van der Waals surface area contributed by atoms with Gasteiger partial charge in [0, 0.05) is 11.6 Å². The minimum atomic E-state index is -0.761. The summed E-state index contributed by atoms with van der Waals surface area (Å²) < 4.78 is 31.6. The lowest BCUT2D eigenvalue weighted by Crippen LogP contribution is -2.01. The van der Waals surface area contributed by atoms with Gasteiger partial charge in [0.05, 0.1) is 6.10 Å². The van der Waals surface area contributed by atoms with Crippen molar-refractivity contribution in [3.8, 4) is 5.75 Å². The van der Waals surface area contributed by atoms with Gasteiger partial charge in [0.1, 0.15) is 24.0 Å². The number of benzene rings is 2. The van der Waals surface area contributed by atoms with E-state index >= 15 is 0 Å². The molecule has 0 aromatic heterocycles. The first-order chi connectivity index (χ1) is 9.06. The Labute approximate surface area is 110 Å². The van der Waals surface area contributed by atoms with E-state index in [1.807, 2.05) is 0 Å². The zero-order valence-corrected chi connectivity index (χ0v) is 10.4. The van der Waals surface area contributed by atoms with E-state index in [1.165, 1.54) is 30.3 Å². The second kappa shape index (κ2) is 5.80. The van der Waals surface area contributed by atoms with Crippen LogP contribution < -0.4 is 4.74 Å². The second-order valence-electron chi connectivity index (χ2n) is 4.28. The molecule has 1 atom stereocenters. The highest BCUT2D eigenvalue weighted by Crippen LogP contribution is 2.26. The van der Waals surface area contributed by atoms with E-state index in [2.05, 4.69) is 0 Å². The Morgan fingerprint density at radius 1 is 1.11 bits per heavy atom. The van der Waals surface area contributed by atoms with Gasteiger partial charge in [0.25, 0.3) is 0 Å². The van der Waals surface area contributed by atoms with E-state index in [0.717, 1.165) is 0 Å². The molecule has 0 saturated heterocycles. The number of aliphatic hydroxyl groups is 1.